The van der Waals surface area contributed by atoms with Crippen LogP contribution in [0, 0.1) is 0 Å². The molecule has 0 unspecified atom stereocenters. The van der Waals surface area contributed by atoms with E-state index in [9.17, 15) is 14.7 Å². The van der Waals surface area contributed by atoms with Gasteiger partial charge in [-0.3, -0.25) is 19.8 Å². The molecule has 0 spiro atoms. The fourth-order valence-corrected chi connectivity index (χ4v) is 2.23. The number of hydrogen-bond acceptors (Lipinski definition) is 5. The standard InChI is InChI=1S/C12H18N4O3/c1-8(15-16-6-4-2-3-5-7-16)9-10(17)13-12(19)14-11(9)18/h2-7H2,1H3,(H3,13,14,17,18,19). The van der Waals surface area contributed by atoms with Crippen LogP contribution in [-0.4, -0.2) is 38.9 Å². The average Bonchev–Trinajstić information content (AvgIpc) is 2.56. The summed E-state index contributed by atoms with van der Waals surface area (Å²) < 4.78 is 0. The van der Waals surface area contributed by atoms with Crippen LogP contribution in [0.4, 0.5) is 0 Å². The van der Waals surface area contributed by atoms with E-state index in [-0.39, 0.29) is 5.56 Å². The Bertz CT molecular complexity index is 579. The SMILES string of the molecule is CC(=NN1CCCCCC1)c1c(O)[nH]c(=O)[nH]c1=O. The zero-order valence-corrected chi connectivity index (χ0v) is 10.9. The highest BCUT2D eigenvalue weighted by molar-refractivity contribution is 5.99. The maximum Gasteiger partial charge on any atom is 0.328 e. The van der Waals surface area contributed by atoms with Crippen LogP contribution in [0.1, 0.15) is 38.2 Å². The number of hydrogen-bond donors (Lipinski definition) is 3. The topological polar surface area (TPSA) is 102 Å². The molecule has 0 saturated carbocycles. The predicted octanol–water partition coefficient (Wildman–Crippen LogP) is 0.369. The summed E-state index contributed by atoms with van der Waals surface area (Å²) in [7, 11) is 0. The van der Waals surface area contributed by atoms with Gasteiger partial charge in [-0.15, -0.1) is 0 Å². The molecule has 0 atom stereocenters. The third-order valence-corrected chi connectivity index (χ3v) is 3.16. The van der Waals surface area contributed by atoms with Crippen molar-refractivity contribution in [2.45, 2.75) is 32.6 Å². The van der Waals surface area contributed by atoms with E-state index in [1.165, 1.54) is 12.8 Å². The van der Waals surface area contributed by atoms with Gasteiger partial charge in [-0.2, -0.15) is 5.10 Å². The first-order chi connectivity index (χ1) is 9.08. The Kier molecular flexibility index (Phi) is 4.03. The molecule has 2 heterocycles. The quantitative estimate of drug-likeness (QED) is 0.673. The van der Waals surface area contributed by atoms with Crippen LogP contribution < -0.4 is 11.2 Å². The lowest BCUT2D eigenvalue weighted by Crippen LogP contribution is -2.28. The molecule has 104 valence electrons. The van der Waals surface area contributed by atoms with Crippen molar-refractivity contribution in [2.24, 2.45) is 5.10 Å². The second kappa shape index (κ2) is 5.73. The van der Waals surface area contributed by atoms with Crippen molar-refractivity contribution < 1.29 is 5.11 Å². The number of aromatic hydroxyl groups is 1. The van der Waals surface area contributed by atoms with Gasteiger partial charge in [-0.1, -0.05) is 12.8 Å². The highest BCUT2D eigenvalue weighted by Gasteiger charge is 2.14. The van der Waals surface area contributed by atoms with Crippen molar-refractivity contribution in [3.8, 4) is 5.88 Å². The van der Waals surface area contributed by atoms with E-state index in [1.807, 2.05) is 5.01 Å². The molecule has 1 fully saturated rings. The molecule has 7 heteroatoms. The van der Waals surface area contributed by atoms with E-state index < -0.39 is 17.1 Å². The fourth-order valence-electron chi connectivity index (χ4n) is 2.23. The zero-order chi connectivity index (χ0) is 13.8. The van der Waals surface area contributed by atoms with Gasteiger partial charge >= 0.3 is 5.69 Å². The minimum atomic E-state index is -0.728. The van der Waals surface area contributed by atoms with Gasteiger partial charge in [0, 0.05) is 13.1 Å². The van der Waals surface area contributed by atoms with Gasteiger partial charge in [0.1, 0.15) is 5.56 Å². The van der Waals surface area contributed by atoms with Crippen molar-refractivity contribution in [3.05, 3.63) is 26.4 Å². The van der Waals surface area contributed by atoms with Gasteiger partial charge in [0.25, 0.3) is 5.56 Å². The van der Waals surface area contributed by atoms with Crippen LogP contribution >= 0.6 is 0 Å². The number of nitrogens with zero attached hydrogens (tertiary/aromatic N) is 2. The summed E-state index contributed by atoms with van der Waals surface area (Å²) in [5, 5.41) is 15.9. The van der Waals surface area contributed by atoms with Gasteiger partial charge in [0.05, 0.1) is 5.71 Å². The minimum Gasteiger partial charge on any atom is -0.494 e. The number of aromatic amines is 2. The van der Waals surface area contributed by atoms with Crippen LogP contribution in [0.15, 0.2) is 14.7 Å². The monoisotopic (exact) mass is 266 g/mol. The molecule has 1 saturated heterocycles. The van der Waals surface area contributed by atoms with Crippen molar-refractivity contribution in [1.82, 2.24) is 15.0 Å². The first-order valence-electron chi connectivity index (χ1n) is 6.44. The van der Waals surface area contributed by atoms with Gasteiger partial charge in [0.2, 0.25) is 5.88 Å². The van der Waals surface area contributed by atoms with Gasteiger partial charge in [0.15, 0.2) is 0 Å². The third-order valence-electron chi connectivity index (χ3n) is 3.16. The molecule has 1 aromatic heterocycles. The van der Waals surface area contributed by atoms with E-state index in [4.69, 9.17) is 0 Å². The van der Waals surface area contributed by atoms with Gasteiger partial charge in [-0.25, -0.2) is 4.79 Å². The second-order valence-electron chi connectivity index (χ2n) is 4.69. The summed E-state index contributed by atoms with van der Waals surface area (Å²) in [5.74, 6) is -0.440. The smallest absolute Gasteiger partial charge is 0.328 e. The number of hydrazone groups is 1. The van der Waals surface area contributed by atoms with Crippen molar-refractivity contribution >= 4 is 5.71 Å². The van der Waals surface area contributed by atoms with Crippen LogP contribution in [0.3, 0.4) is 0 Å². The van der Waals surface area contributed by atoms with Gasteiger partial charge < -0.3 is 5.11 Å². The highest BCUT2D eigenvalue weighted by Crippen LogP contribution is 2.12. The Hall–Kier alpha value is -2.05. The Morgan fingerprint density at radius 1 is 1.16 bits per heavy atom. The molecule has 0 aromatic carbocycles. The zero-order valence-electron chi connectivity index (χ0n) is 10.9. The number of rotatable bonds is 2. The molecule has 3 N–H and O–H groups in total. The summed E-state index contributed by atoms with van der Waals surface area (Å²) in [6, 6.07) is 0. The van der Waals surface area contributed by atoms with Crippen LogP contribution in [-0.2, 0) is 0 Å². The maximum absolute atomic E-state index is 11.7. The lowest BCUT2D eigenvalue weighted by Gasteiger charge is -2.17. The molecule has 7 nitrogen and oxygen atoms in total. The summed E-state index contributed by atoms with van der Waals surface area (Å²) in [6.07, 6.45) is 4.53. The number of aromatic nitrogens is 2. The minimum absolute atomic E-state index is 0.0175. The van der Waals surface area contributed by atoms with Crippen molar-refractivity contribution in [3.63, 3.8) is 0 Å². The van der Waals surface area contributed by atoms with E-state index in [0.717, 1.165) is 25.9 Å². The van der Waals surface area contributed by atoms with Crippen LogP contribution in [0.2, 0.25) is 0 Å². The molecule has 1 aliphatic rings. The summed E-state index contributed by atoms with van der Waals surface area (Å²) in [6.45, 7) is 3.34. The first-order valence-corrected chi connectivity index (χ1v) is 6.44. The molecular formula is C12H18N4O3. The molecule has 0 bridgehead atoms. The Balaban J connectivity index is 2.30. The summed E-state index contributed by atoms with van der Waals surface area (Å²) >= 11 is 0. The Morgan fingerprint density at radius 2 is 1.79 bits per heavy atom. The van der Waals surface area contributed by atoms with E-state index in [0.29, 0.717) is 5.71 Å². The third kappa shape index (κ3) is 3.24. The maximum atomic E-state index is 11.7. The van der Waals surface area contributed by atoms with Crippen molar-refractivity contribution in [2.75, 3.05) is 13.1 Å². The molecule has 2 rings (SSSR count). The Morgan fingerprint density at radius 3 is 2.37 bits per heavy atom. The number of nitrogens with one attached hydrogen (secondary N) is 2. The average molecular weight is 266 g/mol. The molecule has 1 aliphatic heterocycles. The summed E-state index contributed by atoms with van der Waals surface area (Å²) in [5.41, 5.74) is -0.938. The molecule has 19 heavy (non-hydrogen) atoms. The largest absolute Gasteiger partial charge is 0.494 e. The van der Waals surface area contributed by atoms with Crippen molar-refractivity contribution in [1.29, 1.82) is 0 Å². The van der Waals surface area contributed by atoms with Gasteiger partial charge in [-0.05, 0) is 19.8 Å². The molecular weight excluding hydrogens is 248 g/mol. The molecule has 0 amide bonds. The van der Waals surface area contributed by atoms with E-state index >= 15 is 0 Å². The normalized spacial score (nSPS) is 17.3. The number of H-pyrrole nitrogens is 2. The highest BCUT2D eigenvalue weighted by atomic mass is 16.3. The predicted molar refractivity (Wildman–Crippen MR) is 71.6 cm³/mol. The van der Waals surface area contributed by atoms with Crippen LogP contribution in [0.25, 0.3) is 0 Å². The van der Waals surface area contributed by atoms with E-state index in [1.54, 1.807) is 6.92 Å². The van der Waals surface area contributed by atoms with Crippen LogP contribution in [0.5, 0.6) is 5.88 Å². The Labute approximate surface area is 110 Å². The summed E-state index contributed by atoms with van der Waals surface area (Å²) in [4.78, 5) is 26.9. The molecule has 0 aliphatic carbocycles. The first kappa shape index (κ1) is 13.4. The molecule has 0 radical (unpaired) electrons. The second-order valence-corrected chi connectivity index (χ2v) is 4.69. The van der Waals surface area contributed by atoms with E-state index in [2.05, 4.69) is 15.1 Å². The molecule has 1 aromatic rings. The lowest BCUT2D eigenvalue weighted by atomic mass is 10.2. The lowest BCUT2D eigenvalue weighted by molar-refractivity contribution is 0.300. The fraction of sp³-hybridized carbons (Fsp3) is 0.583.